The van der Waals surface area contributed by atoms with Gasteiger partial charge in [-0.15, -0.1) is 0 Å². The van der Waals surface area contributed by atoms with Crippen LogP contribution in [0.4, 0.5) is 0 Å². The van der Waals surface area contributed by atoms with Crippen molar-refractivity contribution >= 4 is 21.4 Å². The first-order chi connectivity index (χ1) is 6.22. The van der Waals surface area contributed by atoms with Crippen LogP contribution in [0.3, 0.4) is 0 Å². The quantitative estimate of drug-likeness (QED) is 0.651. The fourth-order valence-electron chi connectivity index (χ4n) is 1.28. The molecule has 0 bridgehead atoms. The number of benzene rings is 1. The molecule has 0 saturated carbocycles. The smallest absolute Gasteiger partial charge is 0.172 e. The molecular weight excluding hydrogens is 188 g/mol. The van der Waals surface area contributed by atoms with Crippen molar-refractivity contribution in [1.29, 1.82) is 0 Å². The summed E-state index contributed by atoms with van der Waals surface area (Å²) in [7, 11) is 0. The summed E-state index contributed by atoms with van der Waals surface area (Å²) in [5, 5.41) is 28.4. The summed E-state index contributed by atoms with van der Waals surface area (Å²) >= 11 is 1.15. The third-order valence-electron chi connectivity index (χ3n) is 1.90. The zero-order chi connectivity index (χ0) is 9.42. The van der Waals surface area contributed by atoms with E-state index in [9.17, 15) is 10.2 Å². The minimum absolute atomic E-state index is 0.0866. The minimum Gasteiger partial charge on any atom is -0.507 e. The van der Waals surface area contributed by atoms with Crippen molar-refractivity contribution in [3.8, 4) is 10.8 Å². The first-order valence-electron chi connectivity index (χ1n) is 3.76. The summed E-state index contributed by atoms with van der Waals surface area (Å²) in [5.74, 6) is 0.128. The van der Waals surface area contributed by atoms with E-state index in [0.29, 0.717) is 5.39 Å². The summed E-state index contributed by atoms with van der Waals surface area (Å²) in [6, 6.07) is 4.65. The van der Waals surface area contributed by atoms with Gasteiger partial charge in [0.1, 0.15) is 5.75 Å². The number of phenols is 1. The number of aliphatic hydroxyl groups excluding tert-OH is 1. The zero-order valence-electron chi connectivity index (χ0n) is 6.69. The van der Waals surface area contributed by atoms with E-state index >= 15 is 0 Å². The van der Waals surface area contributed by atoms with Gasteiger partial charge in [-0.05, 0) is 11.6 Å². The summed E-state index contributed by atoms with van der Waals surface area (Å²) in [4.78, 5) is 0. The van der Waals surface area contributed by atoms with Crippen LogP contribution in [0, 0.1) is 0 Å². The molecule has 0 saturated heterocycles. The van der Waals surface area contributed by atoms with Gasteiger partial charge in [0.15, 0.2) is 5.06 Å². The molecule has 3 N–H and O–H groups in total. The lowest BCUT2D eigenvalue weighted by atomic mass is 10.1. The molecule has 1 heterocycles. The Balaban J connectivity index is 2.83. The average Bonchev–Trinajstić information content (AvgIpc) is 2.48. The molecule has 0 aliphatic rings. The number of thiophene rings is 1. The molecule has 0 atom stereocenters. The van der Waals surface area contributed by atoms with E-state index in [1.54, 1.807) is 6.07 Å². The molecule has 0 aliphatic heterocycles. The van der Waals surface area contributed by atoms with Gasteiger partial charge in [0.25, 0.3) is 0 Å². The summed E-state index contributed by atoms with van der Waals surface area (Å²) in [5.41, 5.74) is 0.720. The van der Waals surface area contributed by atoms with E-state index in [0.717, 1.165) is 21.6 Å². The van der Waals surface area contributed by atoms with E-state index in [4.69, 9.17) is 5.11 Å². The van der Waals surface area contributed by atoms with Gasteiger partial charge >= 0.3 is 0 Å². The predicted molar refractivity (Wildman–Crippen MR) is 51.1 cm³/mol. The van der Waals surface area contributed by atoms with Gasteiger partial charge in [0, 0.05) is 16.2 Å². The van der Waals surface area contributed by atoms with Crippen LogP contribution in [0.5, 0.6) is 10.8 Å². The molecule has 0 aliphatic carbocycles. The lowest BCUT2D eigenvalue weighted by Crippen LogP contribution is -1.81. The number of fused-ring (bicyclic) bond motifs is 1. The van der Waals surface area contributed by atoms with Crippen molar-refractivity contribution < 1.29 is 15.3 Å². The number of hydrogen-bond acceptors (Lipinski definition) is 4. The second-order valence-corrected chi connectivity index (χ2v) is 3.76. The van der Waals surface area contributed by atoms with Crippen LogP contribution in [0.15, 0.2) is 18.2 Å². The third kappa shape index (κ3) is 1.24. The normalized spacial score (nSPS) is 10.8. The van der Waals surface area contributed by atoms with Crippen LogP contribution >= 0.6 is 11.3 Å². The summed E-state index contributed by atoms with van der Waals surface area (Å²) in [6.07, 6.45) is 0. The SMILES string of the molecule is OCc1ccc(O)c2cc(O)sc12. The van der Waals surface area contributed by atoms with Gasteiger partial charge in [0.2, 0.25) is 0 Å². The van der Waals surface area contributed by atoms with Gasteiger partial charge in [-0.3, -0.25) is 0 Å². The van der Waals surface area contributed by atoms with Crippen molar-refractivity contribution in [2.75, 3.05) is 0 Å². The van der Waals surface area contributed by atoms with Gasteiger partial charge in [0.05, 0.1) is 6.61 Å². The number of phenolic OH excluding ortho intramolecular Hbond substituents is 1. The Morgan fingerprint density at radius 1 is 1.23 bits per heavy atom. The van der Waals surface area contributed by atoms with Crippen LogP contribution in [-0.2, 0) is 6.61 Å². The Bertz CT molecular complexity index is 447. The standard InChI is InChI=1S/C9H8O3S/c10-4-5-1-2-7(11)6-3-8(12)13-9(5)6/h1-3,10-12H,4H2. The molecule has 2 rings (SSSR count). The Kier molecular flexibility index (Phi) is 1.86. The number of aromatic hydroxyl groups is 2. The van der Waals surface area contributed by atoms with E-state index < -0.39 is 0 Å². The first kappa shape index (κ1) is 8.34. The first-order valence-corrected chi connectivity index (χ1v) is 4.58. The van der Waals surface area contributed by atoms with E-state index in [-0.39, 0.29) is 17.4 Å². The molecule has 1 aromatic carbocycles. The maximum Gasteiger partial charge on any atom is 0.172 e. The molecule has 4 heteroatoms. The molecule has 0 radical (unpaired) electrons. The molecule has 68 valence electrons. The Morgan fingerprint density at radius 3 is 2.69 bits per heavy atom. The van der Waals surface area contributed by atoms with Gasteiger partial charge in [-0.1, -0.05) is 17.4 Å². The Morgan fingerprint density at radius 2 is 2.00 bits per heavy atom. The van der Waals surface area contributed by atoms with Crippen molar-refractivity contribution in [3.63, 3.8) is 0 Å². The molecule has 0 amide bonds. The third-order valence-corrected chi connectivity index (χ3v) is 2.91. The fraction of sp³-hybridized carbons (Fsp3) is 0.111. The van der Waals surface area contributed by atoms with Crippen LogP contribution < -0.4 is 0 Å². The molecular formula is C9H8O3S. The average molecular weight is 196 g/mol. The molecule has 0 unspecified atom stereocenters. The van der Waals surface area contributed by atoms with Crippen molar-refractivity contribution in [2.24, 2.45) is 0 Å². The van der Waals surface area contributed by atoms with Crippen LogP contribution in [-0.4, -0.2) is 15.3 Å². The lowest BCUT2D eigenvalue weighted by Gasteiger charge is -1.99. The fourth-order valence-corrected chi connectivity index (χ4v) is 2.20. The van der Waals surface area contributed by atoms with Gasteiger partial charge in [-0.25, -0.2) is 0 Å². The molecule has 1 aromatic heterocycles. The molecule has 2 aromatic rings. The highest BCUT2D eigenvalue weighted by Gasteiger charge is 2.08. The number of hydrogen-bond donors (Lipinski definition) is 3. The van der Waals surface area contributed by atoms with Crippen LogP contribution in [0.2, 0.25) is 0 Å². The maximum atomic E-state index is 9.42. The second kappa shape index (κ2) is 2.90. The highest BCUT2D eigenvalue weighted by atomic mass is 32.1. The molecule has 13 heavy (non-hydrogen) atoms. The highest BCUT2D eigenvalue weighted by molar-refractivity contribution is 7.20. The summed E-state index contributed by atoms with van der Waals surface area (Å²) < 4.78 is 0.736. The van der Waals surface area contributed by atoms with Crippen LogP contribution in [0.25, 0.3) is 10.1 Å². The van der Waals surface area contributed by atoms with Gasteiger partial charge < -0.3 is 15.3 Å². The molecule has 3 nitrogen and oxygen atoms in total. The van der Waals surface area contributed by atoms with Crippen molar-refractivity contribution in [2.45, 2.75) is 6.61 Å². The number of aliphatic hydroxyl groups is 1. The predicted octanol–water partition coefficient (Wildman–Crippen LogP) is 1.80. The Hall–Kier alpha value is -1.26. The van der Waals surface area contributed by atoms with Crippen molar-refractivity contribution in [3.05, 3.63) is 23.8 Å². The zero-order valence-corrected chi connectivity index (χ0v) is 7.51. The topological polar surface area (TPSA) is 60.7 Å². The van der Waals surface area contributed by atoms with Gasteiger partial charge in [-0.2, -0.15) is 0 Å². The number of rotatable bonds is 1. The summed E-state index contributed by atoms with van der Waals surface area (Å²) in [6.45, 7) is -0.0866. The van der Waals surface area contributed by atoms with E-state index in [1.807, 2.05) is 0 Å². The monoisotopic (exact) mass is 196 g/mol. The second-order valence-electron chi connectivity index (χ2n) is 2.73. The minimum atomic E-state index is -0.0866. The van der Waals surface area contributed by atoms with E-state index in [2.05, 4.69) is 0 Å². The van der Waals surface area contributed by atoms with Crippen LogP contribution in [0.1, 0.15) is 5.56 Å². The largest absolute Gasteiger partial charge is 0.507 e. The molecule has 0 fully saturated rings. The Labute approximate surface area is 78.5 Å². The molecule has 0 spiro atoms. The maximum absolute atomic E-state index is 9.42. The van der Waals surface area contributed by atoms with E-state index in [1.165, 1.54) is 12.1 Å². The lowest BCUT2D eigenvalue weighted by molar-refractivity contribution is 0.283. The van der Waals surface area contributed by atoms with Crippen molar-refractivity contribution in [1.82, 2.24) is 0 Å². The highest BCUT2D eigenvalue weighted by Crippen LogP contribution is 2.37.